The number of carbonyl (C=O) groups excluding carboxylic acids is 3. The van der Waals surface area contributed by atoms with Gasteiger partial charge in [-0.3, -0.25) is 14.4 Å². The van der Waals surface area contributed by atoms with Crippen LogP contribution in [0.3, 0.4) is 0 Å². The molecule has 1 aliphatic heterocycles. The Balaban J connectivity index is 1.20. The molecule has 4 rings (SSSR count). The smallest absolute Gasteiger partial charge is 0.254 e. The van der Waals surface area contributed by atoms with Gasteiger partial charge in [-0.15, -0.1) is 0 Å². The van der Waals surface area contributed by atoms with E-state index in [1.807, 2.05) is 18.7 Å². The number of hydrogen-bond donors (Lipinski definition) is 1. The van der Waals surface area contributed by atoms with Gasteiger partial charge in [0, 0.05) is 44.4 Å². The topological polar surface area (TPSA) is 77.9 Å². The fourth-order valence-electron chi connectivity index (χ4n) is 6.32. The fraction of sp³-hybridized carbons (Fsp3) is 0.885. The van der Waals surface area contributed by atoms with Crippen molar-refractivity contribution in [3.8, 4) is 0 Å². The largest absolute Gasteiger partial charge is 0.380 e. The number of rotatable bonds is 6. The zero-order valence-corrected chi connectivity index (χ0v) is 20.1. The van der Waals surface area contributed by atoms with Crippen LogP contribution in [0.2, 0.25) is 0 Å². The minimum Gasteiger partial charge on any atom is -0.380 e. The van der Waals surface area contributed by atoms with E-state index in [-0.39, 0.29) is 23.7 Å². The molecule has 0 aromatic rings. The van der Waals surface area contributed by atoms with E-state index < -0.39 is 5.60 Å². The van der Waals surface area contributed by atoms with Crippen LogP contribution in [0.1, 0.15) is 84.5 Å². The number of nitrogens with zero attached hydrogens (tertiary/aromatic N) is 2. The molecule has 32 heavy (non-hydrogen) atoms. The van der Waals surface area contributed by atoms with Gasteiger partial charge >= 0.3 is 0 Å². The van der Waals surface area contributed by atoms with E-state index in [0.717, 1.165) is 38.0 Å². The van der Waals surface area contributed by atoms with Crippen LogP contribution < -0.4 is 0 Å². The minimum atomic E-state index is -1.11. The number of amides is 2. The second-order valence-corrected chi connectivity index (χ2v) is 11.4. The summed E-state index contributed by atoms with van der Waals surface area (Å²) in [5, 5.41) is 10.1. The lowest BCUT2D eigenvalue weighted by Crippen LogP contribution is -2.54. The number of aliphatic hydroxyl groups is 1. The Bertz CT molecular complexity index is 701. The Morgan fingerprint density at radius 1 is 0.875 bits per heavy atom. The Hall–Kier alpha value is -1.43. The highest BCUT2D eigenvalue weighted by Gasteiger charge is 2.50. The highest BCUT2D eigenvalue weighted by atomic mass is 16.3. The summed E-state index contributed by atoms with van der Waals surface area (Å²) in [5.74, 6) is 2.82. The molecule has 0 radical (unpaired) electrons. The lowest BCUT2D eigenvalue weighted by molar-refractivity contribution is -0.148. The molecular formula is C26H42N2O4. The number of piperazine rings is 1. The van der Waals surface area contributed by atoms with Crippen LogP contribution in [0.25, 0.3) is 0 Å². The molecule has 1 heterocycles. The summed E-state index contributed by atoms with van der Waals surface area (Å²) in [6, 6.07) is 0. The molecule has 4 aliphatic rings. The van der Waals surface area contributed by atoms with Crippen molar-refractivity contribution in [3.05, 3.63) is 0 Å². The van der Waals surface area contributed by atoms with E-state index in [1.165, 1.54) is 25.7 Å². The summed E-state index contributed by atoms with van der Waals surface area (Å²) in [6.45, 7) is 6.29. The summed E-state index contributed by atoms with van der Waals surface area (Å²) in [4.78, 5) is 41.3. The van der Waals surface area contributed by atoms with Gasteiger partial charge in [-0.1, -0.05) is 33.1 Å². The van der Waals surface area contributed by atoms with E-state index >= 15 is 0 Å². The first-order chi connectivity index (χ1) is 15.3. The number of ketones is 1. The van der Waals surface area contributed by atoms with E-state index in [9.17, 15) is 19.5 Å². The van der Waals surface area contributed by atoms with Crippen molar-refractivity contribution in [2.24, 2.45) is 29.6 Å². The summed E-state index contributed by atoms with van der Waals surface area (Å²) in [6.07, 6.45) is 11.1. The predicted octanol–water partition coefficient (Wildman–Crippen LogP) is 3.41. The maximum atomic E-state index is 13.1. The van der Waals surface area contributed by atoms with Gasteiger partial charge in [0.2, 0.25) is 5.91 Å². The molecule has 3 aliphatic carbocycles. The molecule has 0 aromatic heterocycles. The van der Waals surface area contributed by atoms with E-state index in [0.29, 0.717) is 56.6 Å². The zero-order valence-electron chi connectivity index (χ0n) is 20.1. The van der Waals surface area contributed by atoms with Gasteiger partial charge < -0.3 is 14.9 Å². The van der Waals surface area contributed by atoms with Gasteiger partial charge in [0.05, 0.1) is 0 Å². The third-order valence-corrected chi connectivity index (χ3v) is 8.75. The van der Waals surface area contributed by atoms with E-state index in [1.54, 1.807) is 4.90 Å². The third kappa shape index (κ3) is 5.37. The summed E-state index contributed by atoms with van der Waals surface area (Å²) >= 11 is 0. The predicted molar refractivity (Wildman–Crippen MR) is 123 cm³/mol. The standard InChI is InChI=1S/C26H42N2O4/c1-18(2)23(29)17-19-4-3-5-22(16-19)20-6-8-21(9-7-20)24(30)27-12-14-28(15-13-27)25(31)26(32)10-11-26/h18-22,32H,3-17H2,1-2H3. The Morgan fingerprint density at radius 3 is 2.09 bits per heavy atom. The molecule has 180 valence electrons. The molecule has 6 nitrogen and oxygen atoms in total. The first-order valence-electron chi connectivity index (χ1n) is 13.1. The van der Waals surface area contributed by atoms with E-state index in [2.05, 4.69) is 0 Å². The molecule has 2 amide bonds. The fourth-order valence-corrected chi connectivity index (χ4v) is 6.32. The summed E-state index contributed by atoms with van der Waals surface area (Å²) < 4.78 is 0. The average molecular weight is 447 g/mol. The van der Waals surface area contributed by atoms with Crippen molar-refractivity contribution in [1.82, 2.24) is 9.80 Å². The third-order valence-electron chi connectivity index (χ3n) is 8.75. The Kier molecular flexibility index (Phi) is 7.28. The number of Topliss-reactive ketones (excluding diaryl/α,β-unsaturated/α-hetero) is 1. The van der Waals surface area contributed by atoms with E-state index in [4.69, 9.17) is 0 Å². The molecular weight excluding hydrogens is 404 g/mol. The Morgan fingerprint density at radius 2 is 1.50 bits per heavy atom. The first kappa shape index (κ1) is 23.7. The van der Waals surface area contributed by atoms with Gasteiger partial charge in [-0.2, -0.15) is 0 Å². The molecule has 2 unspecified atom stereocenters. The van der Waals surface area contributed by atoms with Crippen LogP contribution in [-0.4, -0.2) is 64.3 Å². The first-order valence-corrected chi connectivity index (χ1v) is 13.1. The molecule has 0 spiro atoms. The number of carbonyl (C=O) groups is 3. The SMILES string of the molecule is CC(C)C(=O)CC1CCCC(C2CCC(C(=O)N3CCN(C(=O)C4(O)CC4)CC3)CC2)C1. The van der Waals surface area contributed by atoms with Gasteiger partial charge in [0.15, 0.2) is 0 Å². The zero-order chi connectivity index (χ0) is 22.9. The molecule has 0 bridgehead atoms. The molecule has 0 aromatic carbocycles. The van der Waals surface area contributed by atoms with Crippen molar-refractivity contribution in [2.45, 2.75) is 90.1 Å². The van der Waals surface area contributed by atoms with Gasteiger partial charge in [0.25, 0.3) is 5.91 Å². The molecule has 3 saturated carbocycles. The summed E-state index contributed by atoms with van der Waals surface area (Å²) in [7, 11) is 0. The highest BCUT2D eigenvalue weighted by Crippen LogP contribution is 2.43. The van der Waals surface area contributed by atoms with Crippen LogP contribution in [0.5, 0.6) is 0 Å². The van der Waals surface area contributed by atoms with Crippen LogP contribution in [-0.2, 0) is 14.4 Å². The van der Waals surface area contributed by atoms with Crippen LogP contribution in [0, 0.1) is 29.6 Å². The van der Waals surface area contributed by atoms with Crippen molar-refractivity contribution < 1.29 is 19.5 Å². The van der Waals surface area contributed by atoms with Gasteiger partial charge in [-0.25, -0.2) is 0 Å². The molecule has 1 N–H and O–H groups in total. The lowest BCUT2D eigenvalue weighted by Gasteiger charge is -2.40. The van der Waals surface area contributed by atoms with Crippen molar-refractivity contribution >= 4 is 17.6 Å². The Labute approximate surface area is 193 Å². The second kappa shape index (κ2) is 9.82. The minimum absolute atomic E-state index is 0.128. The van der Waals surface area contributed by atoms with Gasteiger partial charge in [0.1, 0.15) is 11.4 Å². The molecule has 2 atom stereocenters. The maximum Gasteiger partial charge on any atom is 0.254 e. The summed E-state index contributed by atoms with van der Waals surface area (Å²) in [5.41, 5.74) is -1.11. The average Bonchev–Trinajstić information content (AvgIpc) is 3.57. The quantitative estimate of drug-likeness (QED) is 0.678. The van der Waals surface area contributed by atoms with Gasteiger partial charge in [-0.05, 0) is 62.7 Å². The van der Waals surface area contributed by atoms with Crippen LogP contribution in [0.15, 0.2) is 0 Å². The lowest BCUT2D eigenvalue weighted by atomic mass is 9.67. The normalized spacial score (nSPS) is 32.6. The molecule has 1 saturated heterocycles. The van der Waals surface area contributed by atoms with Crippen molar-refractivity contribution in [1.29, 1.82) is 0 Å². The molecule has 4 fully saturated rings. The van der Waals surface area contributed by atoms with Crippen molar-refractivity contribution in [3.63, 3.8) is 0 Å². The molecule has 6 heteroatoms. The highest BCUT2D eigenvalue weighted by molar-refractivity contribution is 5.88. The maximum absolute atomic E-state index is 13.1. The van der Waals surface area contributed by atoms with Crippen LogP contribution in [0.4, 0.5) is 0 Å². The second-order valence-electron chi connectivity index (χ2n) is 11.4. The number of hydrogen-bond acceptors (Lipinski definition) is 4. The van der Waals surface area contributed by atoms with Crippen LogP contribution >= 0.6 is 0 Å². The van der Waals surface area contributed by atoms with Crippen molar-refractivity contribution in [2.75, 3.05) is 26.2 Å². The monoisotopic (exact) mass is 446 g/mol.